The Balaban J connectivity index is 2.47. The summed E-state index contributed by atoms with van der Waals surface area (Å²) in [7, 11) is 1.65. The fourth-order valence-corrected chi connectivity index (χ4v) is 1.86. The predicted octanol–water partition coefficient (Wildman–Crippen LogP) is 2.26. The lowest BCUT2D eigenvalue weighted by Gasteiger charge is -2.20. The van der Waals surface area contributed by atoms with Crippen molar-refractivity contribution in [3.05, 3.63) is 16.6 Å². The highest BCUT2D eigenvalue weighted by Gasteiger charge is 2.14. The minimum Gasteiger partial charge on any atom is -0.497 e. The molecule has 0 saturated carbocycles. The number of halogens is 1. The molecule has 1 aromatic carbocycles. The number of fused-ring (bicyclic) bond motifs is 1. The van der Waals surface area contributed by atoms with Crippen molar-refractivity contribution in [2.75, 3.05) is 25.6 Å². The number of hydrogen-bond donors (Lipinski definition) is 1. The molecule has 1 N–H and O–H groups in total. The van der Waals surface area contributed by atoms with Crippen molar-refractivity contribution in [3.8, 4) is 11.5 Å². The third kappa shape index (κ3) is 1.58. The van der Waals surface area contributed by atoms with Gasteiger partial charge in [-0.15, -0.1) is 0 Å². The zero-order valence-corrected chi connectivity index (χ0v) is 8.85. The predicted molar refractivity (Wildman–Crippen MR) is 54.7 cm³/mol. The van der Waals surface area contributed by atoms with Gasteiger partial charge in [0.25, 0.3) is 0 Å². The molecule has 0 atom stereocenters. The normalized spacial score (nSPS) is 14.0. The van der Waals surface area contributed by atoms with Crippen LogP contribution in [0, 0.1) is 0 Å². The van der Waals surface area contributed by atoms with Crippen LogP contribution in [0.15, 0.2) is 16.6 Å². The summed E-state index contributed by atoms with van der Waals surface area (Å²) in [5.41, 5.74) is 0.984. The second-order valence-corrected chi connectivity index (χ2v) is 3.62. The number of hydrogen-bond acceptors (Lipinski definition) is 3. The molecular formula is C9H10BrNO2. The minimum absolute atomic E-state index is 0.706. The van der Waals surface area contributed by atoms with Crippen molar-refractivity contribution in [1.82, 2.24) is 0 Å². The van der Waals surface area contributed by atoms with Gasteiger partial charge in [-0.25, -0.2) is 0 Å². The van der Waals surface area contributed by atoms with Gasteiger partial charge in [-0.05, 0) is 22.0 Å². The van der Waals surface area contributed by atoms with Gasteiger partial charge in [-0.2, -0.15) is 0 Å². The molecule has 1 aliphatic heterocycles. The van der Waals surface area contributed by atoms with E-state index in [1.165, 1.54) is 0 Å². The summed E-state index contributed by atoms with van der Waals surface area (Å²) in [4.78, 5) is 0. The van der Waals surface area contributed by atoms with Crippen LogP contribution in [-0.4, -0.2) is 20.3 Å². The van der Waals surface area contributed by atoms with Gasteiger partial charge < -0.3 is 14.8 Å². The molecule has 1 aliphatic rings. The largest absolute Gasteiger partial charge is 0.497 e. The van der Waals surface area contributed by atoms with Gasteiger partial charge in [0.05, 0.1) is 17.3 Å². The molecule has 0 spiro atoms. The summed E-state index contributed by atoms with van der Waals surface area (Å²) in [6, 6.07) is 3.82. The molecule has 4 heteroatoms. The maximum Gasteiger partial charge on any atom is 0.156 e. The smallest absolute Gasteiger partial charge is 0.156 e. The van der Waals surface area contributed by atoms with Crippen LogP contribution in [0.1, 0.15) is 0 Å². The standard InChI is InChI=1S/C9H10BrNO2/c1-12-6-4-7(10)9-8(5-6)11-2-3-13-9/h4-5,11H,2-3H2,1H3. The van der Waals surface area contributed by atoms with Crippen molar-refractivity contribution in [2.45, 2.75) is 0 Å². The van der Waals surface area contributed by atoms with Crippen LogP contribution in [0.3, 0.4) is 0 Å². The fraction of sp³-hybridized carbons (Fsp3) is 0.333. The summed E-state index contributed by atoms with van der Waals surface area (Å²) < 4.78 is 11.5. The molecule has 1 heterocycles. The Labute approximate surface area is 85.2 Å². The zero-order valence-electron chi connectivity index (χ0n) is 7.26. The second kappa shape index (κ2) is 3.46. The van der Waals surface area contributed by atoms with E-state index in [9.17, 15) is 0 Å². The van der Waals surface area contributed by atoms with E-state index in [4.69, 9.17) is 9.47 Å². The summed E-state index contributed by atoms with van der Waals surface area (Å²) in [6.07, 6.45) is 0. The van der Waals surface area contributed by atoms with E-state index < -0.39 is 0 Å². The molecule has 0 bridgehead atoms. The van der Waals surface area contributed by atoms with E-state index in [2.05, 4.69) is 21.2 Å². The van der Waals surface area contributed by atoms with E-state index in [0.29, 0.717) is 6.61 Å². The highest BCUT2D eigenvalue weighted by molar-refractivity contribution is 9.10. The maximum absolute atomic E-state index is 5.49. The van der Waals surface area contributed by atoms with Crippen molar-refractivity contribution in [3.63, 3.8) is 0 Å². The monoisotopic (exact) mass is 243 g/mol. The molecule has 0 amide bonds. The Morgan fingerprint density at radius 2 is 2.38 bits per heavy atom. The lowest BCUT2D eigenvalue weighted by atomic mass is 10.2. The van der Waals surface area contributed by atoms with Gasteiger partial charge in [-0.1, -0.05) is 0 Å². The molecule has 0 aromatic heterocycles. The van der Waals surface area contributed by atoms with Crippen molar-refractivity contribution < 1.29 is 9.47 Å². The van der Waals surface area contributed by atoms with E-state index in [1.54, 1.807) is 7.11 Å². The molecule has 13 heavy (non-hydrogen) atoms. The molecule has 1 aromatic rings. The van der Waals surface area contributed by atoms with E-state index in [1.807, 2.05) is 12.1 Å². The first kappa shape index (κ1) is 8.69. The minimum atomic E-state index is 0.706. The Hall–Kier alpha value is -0.900. The Morgan fingerprint density at radius 3 is 3.15 bits per heavy atom. The Bertz CT molecular complexity index is 328. The molecule has 0 radical (unpaired) electrons. The van der Waals surface area contributed by atoms with Crippen LogP contribution in [0.5, 0.6) is 11.5 Å². The number of rotatable bonds is 1. The van der Waals surface area contributed by atoms with Crippen LogP contribution in [-0.2, 0) is 0 Å². The van der Waals surface area contributed by atoms with Gasteiger partial charge in [0.2, 0.25) is 0 Å². The summed E-state index contributed by atoms with van der Waals surface area (Å²) in [5, 5.41) is 3.24. The first-order chi connectivity index (χ1) is 6.31. The summed E-state index contributed by atoms with van der Waals surface area (Å²) in [5.74, 6) is 1.69. The average molecular weight is 244 g/mol. The first-order valence-electron chi connectivity index (χ1n) is 4.05. The number of methoxy groups -OCH3 is 1. The van der Waals surface area contributed by atoms with Crippen LogP contribution in [0.4, 0.5) is 5.69 Å². The van der Waals surface area contributed by atoms with Crippen LogP contribution in [0.25, 0.3) is 0 Å². The quantitative estimate of drug-likeness (QED) is 0.821. The third-order valence-corrected chi connectivity index (χ3v) is 2.51. The molecule has 2 rings (SSSR count). The van der Waals surface area contributed by atoms with Crippen LogP contribution < -0.4 is 14.8 Å². The molecule has 70 valence electrons. The van der Waals surface area contributed by atoms with E-state index >= 15 is 0 Å². The molecule has 3 nitrogen and oxygen atoms in total. The second-order valence-electron chi connectivity index (χ2n) is 2.76. The lowest BCUT2D eigenvalue weighted by Crippen LogP contribution is -2.18. The van der Waals surface area contributed by atoms with Crippen LogP contribution in [0.2, 0.25) is 0 Å². The fourth-order valence-electron chi connectivity index (χ4n) is 1.30. The number of ether oxygens (including phenoxy) is 2. The molecule has 0 saturated heterocycles. The summed E-state index contributed by atoms with van der Waals surface area (Å²) >= 11 is 3.43. The van der Waals surface area contributed by atoms with Crippen molar-refractivity contribution >= 4 is 21.6 Å². The highest BCUT2D eigenvalue weighted by Crippen LogP contribution is 2.38. The number of nitrogens with one attached hydrogen (secondary N) is 1. The zero-order chi connectivity index (χ0) is 9.26. The average Bonchev–Trinajstić information content (AvgIpc) is 2.18. The molecule has 0 fully saturated rings. The van der Waals surface area contributed by atoms with Crippen molar-refractivity contribution in [1.29, 1.82) is 0 Å². The SMILES string of the molecule is COc1cc(Br)c2c(c1)NCCO2. The topological polar surface area (TPSA) is 30.5 Å². The molecule has 0 aliphatic carbocycles. The molecular weight excluding hydrogens is 234 g/mol. The first-order valence-corrected chi connectivity index (χ1v) is 4.85. The highest BCUT2D eigenvalue weighted by atomic mass is 79.9. The van der Waals surface area contributed by atoms with Gasteiger partial charge in [-0.3, -0.25) is 0 Å². The molecule has 0 unspecified atom stereocenters. The number of benzene rings is 1. The van der Waals surface area contributed by atoms with Gasteiger partial charge in [0.15, 0.2) is 5.75 Å². The third-order valence-electron chi connectivity index (χ3n) is 1.92. The van der Waals surface area contributed by atoms with Gasteiger partial charge >= 0.3 is 0 Å². The maximum atomic E-state index is 5.49. The Kier molecular flexibility index (Phi) is 2.31. The van der Waals surface area contributed by atoms with Crippen LogP contribution >= 0.6 is 15.9 Å². The van der Waals surface area contributed by atoms with Gasteiger partial charge in [0.1, 0.15) is 12.4 Å². The Morgan fingerprint density at radius 1 is 1.54 bits per heavy atom. The lowest BCUT2D eigenvalue weighted by molar-refractivity contribution is 0.320. The summed E-state index contributed by atoms with van der Waals surface area (Å²) in [6.45, 7) is 1.55. The van der Waals surface area contributed by atoms with E-state index in [-0.39, 0.29) is 0 Å². The van der Waals surface area contributed by atoms with Crippen molar-refractivity contribution in [2.24, 2.45) is 0 Å². The number of anilines is 1. The van der Waals surface area contributed by atoms with Gasteiger partial charge in [0, 0.05) is 12.6 Å². The van der Waals surface area contributed by atoms with E-state index in [0.717, 1.165) is 28.2 Å².